The Morgan fingerprint density at radius 2 is 1.78 bits per heavy atom. The molecular formula is C21H25N3O2S. The summed E-state index contributed by atoms with van der Waals surface area (Å²) in [5.74, 6) is -0.0319. The molecule has 27 heavy (non-hydrogen) atoms. The minimum Gasteiger partial charge on any atom is -0.349 e. The number of hydrogen-bond donors (Lipinski definition) is 2. The van der Waals surface area contributed by atoms with Crippen molar-refractivity contribution in [2.75, 3.05) is 24.7 Å². The number of aryl methyl sites for hydroxylation is 1. The number of likely N-dealkylation sites (tertiary alicyclic amines) is 1. The number of nitrogens with one attached hydrogen (secondary N) is 2. The van der Waals surface area contributed by atoms with Gasteiger partial charge in [0.05, 0.1) is 0 Å². The van der Waals surface area contributed by atoms with Crippen LogP contribution in [0.4, 0.5) is 10.5 Å². The molecule has 0 atom stereocenters. The van der Waals surface area contributed by atoms with Crippen LogP contribution in [0.15, 0.2) is 53.4 Å². The number of carbonyl (C=O) groups is 2. The third-order valence-corrected chi connectivity index (χ3v) is 5.56. The zero-order chi connectivity index (χ0) is 19.2. The number of thioether (sulfide) groups is 1. The summed E-state index contributed by atoms with van der Waals surface area (Å²) >= 11 is 1.63. The highest BCUT2D eigenvalue weighted by atomic mass is 32.2. The second-order valence-electron chi connectivity index (χ2n) is 6.71. The largest absolute Gasteiger partial charge is 0.349 e. The van der Waals surface area contributed by atoms with Gasteiger partial charge < -0.3 is 15.5 Å². The van der Waals surface area contributed by atoms with Crippen LogP contribution in [0.25, 0.3) is 0 Å². The van der Waals surface area contributed by atoms with Crippen LogP contribution in [-0.2, 0) is 0 Å². The van der Waals surface area contributed by atoms with E-state index in [4.69, 9.17) is 0 Å². The number of nitrogens with zero attached hydrogens (tertiary/aromatic N) is 1. The molecule has 1 fully saturated rings. The molecule has 2 N–H and O–H groups in total. The SMILES string of the molecule is CSc1ccc(C)c(C(=O)NC2CCN(C(=O)Nc3ccccc3)CC2)c1. The van der Waals surface area contributed by atoms with Crippen molar-refractivity contribution in [2.24, 2.45) is 0 Å². The lowest BCUT2D eigenvalue weighted by molar-refractivity contribution is 0.0918. The maximum absolute atomic E-state index is 12.6. The minimum absolute atomic E-state index is 0.0319. The van der Waals surface area contributed by atoms with Crippen molar-refractivity contribution in [1.82, 2.24) is 10.2 Å². The predicted octanol–water partition coefficient (Wildman–Crippen LogP) is 4.14. The molecule has 2 aromatic rings. The molecule has 0 unspecified atom stereocenters. The van der Waals surface area contributed by atoms with Crippen molar-refractivity contribution in [1.29, 1.82) is 0 Å². The number of amides is 3. The van der Waals surface area contributed by atoms with Gasteiger partial charge in [0.2, 0.25) is 0 Å². The topological polar surface area (TPSA) is 61.4 Å². The molecule has 2 aromatic carbocycles. The standard InChI is InChI=1S/C21H25N3O2S/c1-15-8-9-18(27-2)14-19(15)20(25)22-17-10-12-24(13-11-17)21(26)23-16-6-4-3-5-7-16/h3-9,14,17H,10-13H2,1-2H3,(H,22,25)(H,23,26). The number of rotatable bonds is 4. The van der Waals surface area contributed by atoms with Crippen molar-refractivity contribution in [2.45, 2.75) is 30.7 Å². The van der Waals surface area contributed by atoms with Crippen molar-refractivity contribution in [3.8, 4) is 0 Å². The molecule has 5 nitrogen and oxygen atoms in total. The van der Waals surface area contributed by atoms with E-state index in [1.807, 2.05) is 61.7 Å². The first-order valence-corrected chi connectivity index (χ1v) is 10.4. The Labute approximate surface area is 164 Å². The van der Waals surface area contributed by atoms with Gasteiger partial charge in [-0.05, 0) is 55.9 Å². The molecule has 0 radical (unpaired) electrons. The summed E-state index contributed by atoms with van der Waals surface area (Å²) in [5.41, 5.74) is 2.50. The number of hydrogen-bond acceptors (Lipinski definition) is 3. The fraction of sp³-hybridized carbons (Fsp3) is 0.333. The highest BCUT2D eigenvalue weighted by molar-refractivity contribution is 7.98. The lowest BCUT2D eigenvalue weighted by atomic mass is 10.0. The summed E-state index contributed by atoms with van der Waals surface area (Å²) in [6.07, 6.45) is 3.52. The van der Waals surface area contributed by atoms with Crippen molar-refractivity contribution < 1.29 is 9.59 Å². The van der Waals surface area contributed by atoms with Crippen molar-refractivity contribution in [3.63, 3.8) is 0 Å². The van der Waals surface area contributed by atoms with E-state index in [0.29, 0.717) is 13.1 Å². The summed E-state index contributed by atoms with van der Waals surface area (Å²) < 4.78 is 0. The highest BCUT2D eigenvalue weighted by Gasteiger charge is 2.24. The molecule has 0 aromatic heterocycles. The zero-order valence-electron chi connectivity index (χ0n) is 15.7. The summed E-state index contributed by atoms with van der Waals surface area (Å²) in [4.78, 5) is 27.9. The highest BCUT2D eigenvalue weighted by Crippen LogP contribution is 2.20. The number of urea groups is 1. The first-order chi connectivity index (χ1) is 13.1. The van der Waals surface area contributed by atoms with Gasteiger partial charge in [0, 0.05) is 35.3 Å². The van der Waals surface area contributed by atoms with Crippen molar-refractivity contribution in [3.05, 3.63) is 59.7 Å². The van der Waals surface area contributed by atoms with Crippen LogP contribution in [0.2, 0.25) is 0 Å². The second-order valence-corrected chi connectivity index (χ2v) is 7.59. The van der Waals surface area contributed by atoms with Gasteiger partial charge in [-0.3, -0.25) is 4.79 Å². The molecule has 0 spiro atoms. The van der Waals surface area contributed by atoms with Gasteiger partial charge in [0.15, 0.2) is 0 Å². The molecule has 1 aliphatic rings. The van der Waals surface area contributed by atoms with Gasteiger partial charge in [-0.1, -0.05) is 24.3 Å². The Bertz CT molecular complexity index is 802. The smallest absolute Gasteiger partial charge is 0.321 e. The Morgan fingerprint density at radius 3 is 2.44 bits per heavy atom. The van der Waals surface area contributed by atoms with Gasteiger partial charge in [0.1, 0.15) is 0 Å². The molecule has 1 aliphatic heterocycles. The molecule has 3 rings (SSSR count). The zero-order valence-corrected chi connectivity index (χ0v) is 16.5. The normalized spacial score (nSPS) is 14.7. The summed E-state index contributed by atoms with van der Waals surface area (Å²) in [7, 11) is 0. The first kappa shape index (κ1) is 19.3. The summed E-state index contributed by atoms with van der Waals surface area (Å²) in [6.45, 7) is 3.22. The molecule has 3 amide bonds. The van der Waals surface area contributed by atoms with Crippen LogP contribution in [0.3, 0.4) is 0 Å². The van der Waals surface area contributed by atoms with Crippen LogP contribution in [0, 0.1) is 6.92 Å². The van der Waals surface area contributed by atoms with Gasteiger partial charge in [-0.2, -0.15) is 0 Å². The predicted molar refractivity (Wildman–Crippen MR) is 110 cm³/mol. The number of piperidine rings is 1. The third-order valence-electron chi connectivity index (χ3n) is 4.83. The second kappa shape index (κ2) is 8.95. The van der Waals surface area contributed by atoms with Crippen LogP contribution in [-0.4, -0.2) is 42.2 Å². The van der Waals surface area contributed by atoms with Gasteiger partial charge in [0.25, 0.3) is 5.91 Å². The summed E-state index contributed by atoms with van der Waals surface area (Å²) in [6, 6.07) is 15.4. The van der Waals surface area contributed by atoms with Gasteiger partial charge in [-0.15, -0.1) is 11.8 Å². The summed E-state index contributed by atoms with van der Waals surface area (Å²) in [5, 5.41) is 6.04. The molecule has 0 saturated carbocycles. The molecule has 1 heterocycles. The van der Waals surface area contributed by atoms with E-state index >= 15 is 0 Å². The molecular weight excluding hydrogens is 358 g/mol. The van der Waals surface area contributed by atoms with Gasteiger partial charge in [-0.25, -0.2) is 4.79 Å². The van der Waals surface area contributed by atoms with Crippen LogP contribution >= 0.6 is 11.8 Å². The Hall–Kier alpha value is -2.47. The minimum atomic E-state index is -0.0884. The van der Waals surface area contributed by atoms with Crippen LogP contribution in [0.1, 0.15) is 28.8 Å². The van der Waals surface area contributed by atoms with E-state index in [1.165, 1.54) is 0 Å². The van der Waals surface area contributed by atoms with E-state index in [1.54, 1.807) is 16.7 Å². The lowest BCUT2D eigenvalue weighted by Gasteiger charge is -2.32. The molecule has 6 heteroatoms. The maximum Gasteiger partial charge on any atom is 0.321 e. The quantitative estimate of drug-likeness (QED) is 0.780. The molecule has 1 saturated heterocycles. The van der Waals surface area contributed by atoms with Crippen molar-refractivity contribution >= 4 is 29.4 Å². The molecule has 0 aliphatic carbocycles. The number of para-hydroxylation sites is 1. The van der Waals surface area contributed by atoms with E-state index in [-0.39, 0.29) is 18.0 Å². The van der Waals surface area contributed by atoms with E-state index in [9.17, 15) is 9.59 Å². The first-order valence-electron chi connectivity index (χ1n) is 9.13. The van der Waals surface area contributed by atoms with E-state index in [2.05, 4.69) is 10.6 Å². The van der Waals surface area contributed by atoms with Crippen LogP contribution in [0.5, 0.6) is 0 Å². The Morgan fingerprint density at radius 1 is 1.07 bits per heavy atom. The lowest BCUT2D eigenvalue weighted by Crippen LogP contribution is -2.47. The average Bonchev–Trinajstić information content (AvgIpc) is 2.69. The molecule has 0 bridgehead atoms. The Balaban J connectivity index is 1.52. The number of anilines is 1. The van der Waals surface area contributed by atoms with E-state index < -0.39 is 0 Å². The third kappa shape index (κ3) is 5.04. The number of benzene rings is 2. The number of carbonyl (C=O) groups excluding carboxylic acids is 2. The van der Waals surface area contributed by atoms with Gasteiger partial charge >= 0.3 is 6.03 Å². The maximum atomic E-state index is 12.6. The average molecular weight is 384 g/mol. The fourth-order valence-electron chi connectivity index (χ4n) is 3.19. The van der Waals surface area contributed by atoms with E-state index in [0.717, 1.165) is 34.6 Å². The molecule has 142 valence electrons. The monoisotopic (exact) mass is 383 g/mol. The Kier molecular flexibility index (Phi) is 6.40. The van der Waals surface area contributed by atoms with Crippen LogP contribution < -0.4 is 10.6 Å². The fourth-order valence-corrected chi connectivity index (χ4v) is 3.63.